The van der Waals surface area contributed by atoms with Crippen LogP contribution in [0, 0.1) is 0 Å². The van der Waals surface area contributed by atoms with Gasteiger partial charge in [-0.2, -0.15) is 4.40 Å². The lowest BCUT2D eigenvalue weighted by atomic mass is 10.1. The Morgan fingerprint density at radius 2 is 2.00 bits per heavy atom. The highest BCUT2D eigenvalue weighted by atomic mass is 35.5. The molecule has 0 saturated carbocycles. The van der Waals surface area contributed by atoms with Crippen molar-refractivity contribution in [2.75, 3.05) is 7.11 Å². The smallest absolute Gasteiger partial charge is 0.257 e. The van der Waals surface area contributed by atoms with Crippen molar-refractivity contribution in [3.05, 3.63) is 39.1 Å². The van der Waals surface area contributed by atoms with E-state index in [1.165, 1.54) is 13.3 Å². The minimum absolute atomic E-state index is 0.313. The Kier molecular flexibility index (Phi) is 4.72. The molecule has 0 bridgehead atoms. The highest BCUT2D eigenvalue weighted by molar-refractivity contribution is 7.85. The molecule has 118 valence electrons. The lowest BCUT2D eigenvalue weighted by Crippen LogP contribution is -2.20. The molecule has 0 aliphatic carbocycles. The van der Waals surface area contributed by atoms with Crippen LogP contribution >= 0.6 is 11.6 Å². The summed E-state index contributed by atoms with van der Waals surface area (Å²) in [6.07, 6.45) is 1.33. The van der Waals surface area contributed by atoms with E-state index in [-0.39, 0.29) is 5.56 Å². The zero-order valence-corrected chi connectivity index (χ0v) is 14.3. The predicted molar refractivity (Wildman–Crippen MR) is 91.6 cm³/mol. The van der Waals surface area contributed by atoms with Crippen molar-refractivity contribution in [2.45, 2.75) is 25.5 Å². The van der Waals surface area contributed by atoms with Gasteiger partial charge in [0.05, 0.1) is 34.2 Å². The van der Waals surface area contributed by atoms with Gasteiger partial charge in [-0.1, -0.05) is 11.6 Å². The quantitative estimate of drug-likeness (QED) is 0.873. The Hall–Kier alpha value is -1.66. The second-order valence-electron chi connectivity index (χ2n) is 5.72. The number of aromatic amines is 1. The molecule has 1 unspecified atom stereocenters. The van der Waals surface area contributed by atoms with E-state index in [4.69, 9.17) is 16.3 Å². The fourth-order valence-electron chi connectivity index (χ4n) is 1.74. The molecule has 0 aliphatic rings. The van der Waals surface area contributed by atoms with Crippen molar-refractivity contribution >= 4 is 39.7 Å². The first-order valence-electron chi connectivity index (χ1n) is 6.59. The number of rotatable bonds is 3. The van der Waals surface area contributed by atoms with E-state index >= 15 is 0 Å². The maximum atomic E-state index is 12.1. The Labute approximate surface area is 136 Å². The van der Waals surface area contributed by atoms with E-state index in [2.05, 4.69) is 9.38 Å². The van der Waals surface area contributed by atoms with Crippen LogP contribution in [0.2, 0.25) is 5.02 Å². The lowest BCUT2D eigenvalue weighted by Gasteiger charge is -2.12. The van der Waals surface area contributed by atoms with Crippen molar-refractivity contribution in [1.82, 2.24) is 4.98 Å². The number of nitrogens with one attached hydrogen (secondary N) is 1. The monoisotopic (exact) mass is 340 g/mol. The summed E-state index contributed by atoms with van der Waals surface area (Å²) in [6, 6.07) is 5.01. The second kappa shape index (κ2) is 6.22. The number of fused-ring (bicyclic) bond motifs is 1. The number of benzene rings is 1. The first-order valence-corrected chi connectivity index (χ1v) is 8.07. The molecule has 2 aromatic rings. The molecular formula is C15H17ClN2O3S. The zero-order chi connectivity index (χ0) is 16.5. The number of hydrogen-bond acceptors (Lipinski definition) is 3. The van der Waals surface area contributed by atoms with E-state index in [0.717, 1.165) is 5.39 Å². The third kappa shape index (κ3) is 3.56. The SMILES string of the molecule is COc1cc2[nH]c(=O)c(/C=N/S(=O)C(C)(C)C)cc2cc1Cl. The third-order valence-corrected chi connectivity index (χ3v) is 4.60. The van der Waals surface area contributed by atoms with Crippen molar-refractivity contribution in [3.8, 4) is 5.75 Å². The highest BCUT2D eigenvalue weighted by Gasteiger charge is 2.18. The van der Waals surface area contributed by atoms with Gasteiger partial charge in [0.2, 0.25) is 0 Å². The molecule has 0 amide bonds. The molecule has 5 nitrogen and oxygen atoms in total. The maximum Gasteiger partial charge on any atom is 0.257 e. The van der Waals surface area contributed by atoms with Crippen LogP contribution < -0.4 is 10.3 Å². The van der Waals surface area contributed by atoms with Crippen LogP contribution in [0.15, 0.2) is 27.4 Å². The van der Waals surface area contributed by atoms with Crippen LogP contribution in [-0.2, 0) is 11.0 Å². The van der Waals surface area contributed by atoms with Crippen LogP contribution in [0.5, 0.6) is 5.75 Å². The minimum Gasteiger partial charge on any atom is -0.495 e. The topological polar surface area (TPSA) is 71.5 Å². The molecule has 0 spiro atoms. The Morgan fingerprint density at radius 3 is 2.59 bits per heavy atom. The van der Waals surface area contributed by atoms with Gasteiger partial charge in [-0.3, -0.25) is 4.79 Å². The predicted octanol–water partition coefficient (Wildman–Crippen LogP) is 3.07. The molecule has 22 heavy (non-hydrogen) atoms. The van der Waals surface area contributed by atoms with E-state index in [0.29, 0.717) is 21.9 Å². The first-order chi connectivity index (χ1) is 10.2. The molecular weight excluding hydrogens is 324 g/mol. The average molecular weight is 341 g/mol. The minimum atomic E-state index is -1.42. The van der Waals surface area contributed by atoms with Gasteiger partial charge >= 0.3 is 0 Å². The van der Waals surface area contributed by atoms with Gasteiger partial charge in [0.15, 0.2) is 0 Å². The van der Waals surface area contributed by atoms with Crippen LogP contribution in [-0.4, -0.2) is 27.3 Å². The molecule has 0 radical (unpaired) electrons. The zero-order valence-electron chi connectivity index (χ0n) is 12.8. The first kappa shape index (κ1) is 16.7. The van der Waals surface area contributed by atoms with E-state index in [9.17, 15) is 9.00 Å². The summed E-state index contributed by atoms with van der Waals surface area (Å²) in [6.45, 7) is 5.45. The summed E-state index contributed by atoms with van der Waals surface area (Å²) >= 11 is 6.08. The van der Waals surface area contributed by atoms with Crippen LogP contribution in [0.4, 0.5) is 0 Å². The van der Waals surface area contributed by atoms with Crippen molar-refractivity contribution in [2.24, 2.45) is 4.40 Å². The second-order valence-corrected chi connectivity index (χ2v) is 8.06. The fourth-order valence-corrected chi connectivity index (χ4v) is 2.51. The molecule has 1 atom stereocenters. The Morgan fingerprint density at radius 1 is 1.32 bits per heavy atom. The summed E-state index contributed by atoms with van der Waals surface area (Å²) in [7, 11) is 0.0892. The number of halogens is 1. The third-order valence-electron chi connectivity index (χ3n) is 2.96. The molecule has 0 aliphatic heterocycles. The molecule has 1 heterocycles. The van der Waals surface area contributed by atoms with E-state index < -0.39 is 15.7 Å². The van der Waals surface area contributed by atoms with E-state index in [1.54, 1.807) is 18.2 Å². The van der Waals surface area contributed by atoms with Crippen LogP contribution in [0.25, 0.3) is 10.9 Å². The van der Waals surface area contributed by atoms with Crippen LogP contribution in [0.3, 0.4) is 0 Å². The molecule has 1 N–H and O–H groups in total. The largest absolute Gasteiger partial charge is 0.495 e. The summed E-state index contributed by atoms with van der Waals surface area (Å²) in [5.74, 6) is 0.486. The van der Waals surface area contributed by atoms with Gasteiger partial charge in [-0.05, 0) is 32.9 Å². The molecule has 7 heteroatoms. The molecule has 1 aromatic carbocycles. The molecule has 0 saturated heterocycles. The van der Waals surface area contributed by atoms with E-state index in [1.807, 2.05) is 20.8 Å². The van der Waals surface area contributed by atoms with Gasteiger partial charge in [0.25, 0.3) is 5.56 Å². The van der Waals surface area contributed by atoms with Crippen LogP contribution in [0.1, 0.15) is 26.3 Å². The number of methoxy groups -OCH3 is 1. The Balaban J connectivity index is 2.49. The number of H-pyrrole nitrogens is 1. The van der Waals surface area contributed by atoms with Gasteiger partial charge in [-0.25, -0.2) is 4.21 Å². The van der Waals surface area contributed by atoms with Gasteiger partial charge in [0, 0.05) is 11.5 Å². The van der Waals surface area contributed by atoms with Crippen molar-refractivity contribution in [1.29, 1.82) is 0 Å². The number of aromatic nitrogens is 1. The summed E-state index contributed by atoms with van der Waals surface area (Å²) in [5, 5.41) is 1.19. The number of pyridine rings is 1. The number of hydrogen-bond donors (Lipinski definition) is 1. The maximum absolute atomic E-state index is 12.1. The number of nitrogens with zero attached hydrogens (tertiary/aromatic N) is 1. The summed E-state index contributed by atoms with van der Waals surface area (Å²) in [4.78, 5) is 14.8. The highest BCUT2D eigenvalue weighted by Crippen LogP contribution is 2.28. The normalized spacial score (nSPS) is 13.7. The van der Waals surface area contributed by atoms with Gasteiger partial charge in [-0.15, -0.1) is 0 Å². The molecule has 0 fully saturated rings. The van der Waals surface area contributed by atoms with Gasteiger partial charge in [0.1, 0.15) is 16.7 Å². The standard InChI is InChI=1S/C15H17ClN2O3S/c1-15(2,3)22(20)17-8-10-5-9-6-11(16)13(21-4)7-12(9)18-14(10)19/h5-8H,1-4H3,(H,18,19)/b17-8+. The lowest BCUT2D eigenvalue weighted by molar-refractivity contribution is 0.415. The van der Waals surface area contributed by atoms with Crippen molar-refractivity contribution < 1.29 is 8.95 Å². The molecule has 1 aromatic heterocycles. The van der Waals surface area contributed by atoms with Crippen molar-refractivity contribution in [3.63, 3.8) is 0 Å². The Bertz CT molecular complexity index is 822. The average Bonchev–Trinajstić information content (AvgIpc) is 2.43. The summed E-state index contributed by atoms with van der Waals surface area (Å²) < 4.78 is 20.5. The van der Waals surface area contributed by atoms with Gasteiger partial charge < -0.3 is 9.72 Å². The summed E-state index contributed by atoms with van der Waals surface area (Å²) in [5.41, 5.74) is 0.623. The molecule has 2 rings (SSSR count). The number of ether oxygens (including phenoxy) is 1. The fraction of sp³-hybridized carbons (Fsp3) is 0.333.